The third-order valence-electron chi connectivity index (χ3n) is 2.61. The Bertz CT molecular complexity index is 361. The number of carbonyl (C=O) groups is 1. The zero-order chi connectivity index (χ0) is 11.4. The summed E-state index contributed by atoms with van der Waals surface area (Å²) in [7, 11) is 0. The van der Waals surface area contributed by atoms with E-state index in [1.807, 2.05) is 19.1 Å². The van der Waals surface area contributed by atoms with Gasteiger partial charge >= 0.3 is 0 Å². The molecule has 0 spiro atoms. The van der Waals surface area contributed by atoms with E-state index in [1.165, 1.54) is 0 Å². The van der Waals surface area contributed by atoms with Crippen molar-refractivity contribution >= 4 is 5.91 Å². The maximum atomic E-state index is 10.9. The number of nitrogens with two attached hydrogens (primary N) is 1. The van der Waals surface area contributed by atoms with Gasteiger partial charge in [0.2, 0.25) is 0 Å². The third-order valence-corrected chi connectivity index (χ3v) is 2.61. The van der Waals surface area contributed by atoms with Crippen molar-refractivity contribution < 1.29 is 9.90 Å². The maximum absolute atomic E-state index is 10.9. The van der Waals surface area contributed by atoms with Crippen LogP contribution in [0.25, 0.3) is 0 Å². The summed E-state index contributed by atoms with van der Waals surface area (Å²) in [6.07, 6.45) is 0.498. The van der Waals surface area contributed by atoms with Crippen LogP contribution in [0.3, 0.4) is 0 Å². The molecule has 1 rings (SSSR count). The van der Waals surface area contributed by atoms with E-state index in [-0.39, 0.29) is 0 Å². The Labute approximate surface area is 89.9 Å². The Hall–Kier alpha value is -1.35. The van der Waals surface area contributed by atoms with Crippen molar-refractivity contribution in [2.75, 3.05) is 0 Å². The molecule has 0 aliphatic carbocycles. The van der Waals surface area contributed by atoms with Crippen LogP contribution in [0.15, 0.2) is 18.2 Å². The molecule has 1 unspecified atom stereocenters. The van der Waals surface area contributed by atoms with Gasteiger partial charge in [-0.3, -0.25) is 4.79 Å². The van der Waals surface area contributed by atoms with Crippen molar-refractivity contribution in [2.45, 2.75) is 32.8 Å². The molecule has 3 heteroatoms. The minimum atomic E-state index is -1.19. The molecule has 15 heavy (non-hydrogen) atoms. The summed E-state index contributed by atoms with van der Waals surface area (Å²) in [5.41, 5.74) is 7.93. The fraction of sp³-hybridized carbons (Fsp3) is 0.417. The van der Waals surface area contributed by atoms with Crippen molar-refractivity contribution in [3.63, 3.8) is 0 Å². The summed E-state index contributed by atoms with van der Waals surface area (Å²) < 4.78 is 0. The Balaban J connectivity index is 3.22. The number of aliphatic hydroxyl groups is 1. The highest BCUT2D eigenvalue weighted by molar-refractivity contribution is 5.80. The van der Waals surface area contributed by atoms with Crippen molar-refractivity contribution in [3.05, 3.63) is 34.9 Å². The molecule has 0 aliphatic heterocycles. The Morgan fingerprint density at radius 2 is 2.07 bits per heavy atom. The molecule has 0 saturated carbocycles. The van der Waals surface area contributed by atoms with Crippen LogP contribution in [0.4, 0.5) is 0 Å². The summed E-state index contributed by atoms with van der Waals surface area (Å²) in [5.74, 6) is -0.696. The van der Waals surface area contributed by atoms with Gasteiger partial charge in [0, 0.05) is 0 Å². The van der Waals surface area contributed by atoms with E-state index in [4.69, 9.17) is 5.73 Å². The van der Waals surface area contributed by atoms with E-state index in [0.29, 0.717) is 5.56 Å². The molecular weight excluding hydrogens is 190 g/mol. The molecule has 3 N–H and O–H groups in total. The maximum Gasteiger partial charge on any atom is 0.250 e. The summed E-state index contributed by atoms with van der Waals surface area (Å²) in [5, 5.41) is 9.66. The number of amides is 1. The smallest absolute Gasteiger partial charge is 0.250 e. The number of hydrogen-bond acceptors (Lipinski definition) is 2. The van der Waals surface area contributed by atoms with E-state index in [2.05, 4.69) is 6.92 Å². The predicted molar refractivity (Wildman–Crippen MR) is 59.4 cm³/mol. The lowest BCUT2D eigenvalue weighted by Gasteiger charge is -2.15. The summed E-state index contributed by atoms with van der Waals surface area (Å²) in [6, 6.07) is 5.61. The van der Waals surface area contributed by atoms with Crippen LogP contribution >= 0.6 is 0 Å². The van der Waals surface area contributed by atoms with Gasteiger partial charge < -0.3 is 10.8 Å². The number of hydrogen-bond donors (Lipinski definition) is 2. The molecule has 82 valence electrons. The van der Waals surface area contributed by atoms with Crippen LogP contribution in [0.2, 0.25) is 0 Å². The van der Waals surface area contributed by atoms with Crippen molar-refractivity contribution in [2.24, 2.45) is 5.73 Å². The van der Waals surface area contributed by atoms with Crippen molar-refractivity contribution in [1.29, 1.82) is 0 Å². The van der Waals surface area contributed by atoms with Gasteiger partial charge in [0.1, 0.15) is 0 Å². The SMILES string of the molecule is CCc1cccc(C(O)C(N)=O)c1CC. The minimum absolute atomic E-state index is 0.643. The van der Waals surface area contributed by atoms with Gasteiger partial charge in [-0.2, -0.15) is 0 Å². The average molecular weight is 207 g/mol. The third kappa shape index (κ3) is 2.36. The van der Waals surface area contributed by atoms with Crippen LogP contribution in [-0.2, 0) is 17.6 Å². The van der Waals surface area contributed by atoms with Gasteiger partial charge in [0.15, 0.2) is 6.10 Å². The molecule has 1 aromatic rings. The molecule has 1 aromatic carbocycles. The Kier molecular flexibility index (Phi) is 3.86. The number of carbonyl (C=O) groups excluding carboxylic acids is 1. The average Bonchev–Trinajstić information content (AvgIpc) is 2.26. The van der Waals surface area contributed by atoms with E-state index in [0.717, 1.165) is 24.0 Å². The molecule has 0 aliphatic rings. The zero-order valence-corrected chi connectivity index (χ0v) is 9.16. The molecule has 0 fully saturated rings. The first-order valence-electron chi connectivity index (χ1n) is 5.19. The van der Waals surface area contributed by atoms with Crippen LogP contribution in [-0.4, -0.2) is 11.0 Å². The van der Waals surface area contributed by atoms with E-state index >= 15 is 0 Å². The van der Waals surface area contributed by atoms with E-state index < -0.39 is 12.0 Å². The second kappa shape index (κ2) is 4.94. The lowest BCUT2D eigenvalue weighted by Crippen LogP contribution is -2.22. The van der Waals surface area contributed by atoms with Gasteiger partial charge in [0.05, 0.1) is 0 Å². The normalized spacial score (nSPS) is 12.5. The fourth-order valence-electron chi connectivity index (χ4n) is 1.83. The second-order valence-electron chi connectivity index (χ2n) is 3.50. The monoisotopic (exact) mass is 207 g/mol. The van der Waals surface area contributed by atoms with Crippen LogP contribution < -0.4 is 5.73 Å². The van der Waals surface area contributed by atoms with Crippen LogP contribution in [0, 0.1) is 0 Å². The lowest BCUT2D eigenvalue weighted by atomic mass is 9.94. The van der Waals surface area contributed by atoms with Crippen LogP contribution in [0.1, 0.15) is 36.6 Å². The van der Waals surface area contributed by atoms with Gasteiger partial charge in [0.25, 0.3) is 5.91 Å². The summed E-state index contributed by atoms with van der Waals surface area (Å²) in [6.45, 7) is 4.06. The minimum Gasteiger partial charge on any atom is -0.378 e. The lowest BCUT2D eigenvalue weighted by molar-refractivity contribution is -0.126. The molecule has 3 nitrogen and oxygen atoms in total. The fourth-order valence-corrected chi connectivity index (χ4v) is 1.83. The van der Waals surface area contributed by atoms with Gasteiger partial charge in [-0.25, -0.2) is 0 Å². The standard InChI is InChI=1S/C12H17NO2/c1-3-8-6-5-7-10(9(8)4-2)11(14)12(13)15/h5-7,11,14H,3-4H2,1-2H3,(H2,13,15). The zero-order valence-electron chi connectivity index (χ0n) is 9.16. The molecule has 0 saturated heterocycles. The topological polar surface area (TPSA) is 63.3 Å². The highest BCUT2D eigenvalue weighted by atomic mass is 16.3. The first kappa shape index (κ1) is 11.7. The van der Waals surface area contributed by atoms with Crippen molar-refractivity contribution in [3.8, 4) is 0 Å². The van der Waals surface area contributed by atoms with Gasteiger partial charge in [-0.1, -0.05) is 32.0 Å². The Morgan fingerprint density at radius 3 is 2.53 bits per heavy atom. The predicted octanol–water partition coefficient (Wildman–Crippen LogP) is 1.33. The van der Waals surface area contributed by atoms with Gasteiger partial charge in [-0.05, 0) is 29.5 Å². The first-order valence-corrected chi connectivity index (χ1v) is 5.19. The molecule has 1 atom stereocenters. The first-order chi connectivity index (χ1) is 7.11. The van der Waals surface area contributed by atoms with Gasteiger partial charge in [-0.15, -0.1) is 0 Å². The van der Waals surface area contributed by atoms with Crippen LogP contribution in [0.5, 0.6) is 0 Å². The summed E-state index contributed by atoms with van der Waals surface area (Å²) in [4.78, 5) is 10.9. The number of aryl methyl sites for hydroxylation is 1. The molecule has 0 aromatic heterocycles. The Morgan fingerprint density at radius 1 is 1.40 bits per heavy atom. The van der Waals surface area contributed by atoms with Crippen molar-refractivity contribution in [1.82, 2.24) is 0 Å². The molecule has 0 heterocycles. The number of benzene rings is 1. The largest absolute Gasteiger partial charge is 0.378 e. The highest BCUT2D eigenvalue weighted by Crippen LogP contribution is 2.22. The highest BCUT2D eigenvalue weighted by Gasteiger charge is 2.17. The summed E-state index contributed by atoms with van der Waals surface area (Å²) >= 11 is 0. The number of rotatable bonds is 4. The molecule has 0 radical (unpaired) electrons. The number of aliphatic hydroxyl groups excluding tert-OH is 1. The quantitative estimate of drug-likeness (QED) is 0.782. The second-order valence-corrected chi connectivity index (χ2v) is 3.50. The van der Waals surface area contributed by atoms with E-state index in [1.54, 1.807) is 6.07 Å². The molecule has 1 amide bonds. The number of primary amides is 1. The van der Waals surface area contributed by atoms with E-state index in [9.17, 15) is 9.90 Å². The molecular formula is C12H17NO2. The molecule has 0 bridgehead atoms.